The highest BCUT2D eigenvalue weighted by atomic mass is 16.6. The Hall–Kier alpha value is -1.62. The molecule has 0 aliphatic carbocycles. The summed E-state index contributed by atoms with van der Waals surface area (Å²) in [6.07, 6.45) is 0.00606. The maximum absolute atomic E-state index is 10.6. The Balaban J connectivity index is 2.09. The Morgan fingerprint density at radius 1 is 1.57 bits per heavy atom. The van der Waals surface area contributed by atoms with Crippen LogP contribution in [0.3, 0.4) is 0 Å². The second-order valence-corrected chi connectivity index (χ2v) is 2.94. The van der Waals surface area contributed by atoms with Gasteiger partial charge in [0.15, 0.2) is 5.69 Å². The number of hydrogen-bond acceptors (Lipinski definition) is 4. The van der Waals surface area contributed by atoms with Crippen molar-refractivity contribution in [2.45, 2.75) is 6.10 Å². The molecule has 0 bridgehead atoms. The van der Waals surface area contributed by atoms with Crippen molar-refractivity contribution >= 4 is 5.97 Å². The fourth-order valence-corrected chi connectivity index (χ4v) is 1.05. The van der Waals surface area contributed by atoms with Gasteiger partial charge in [-0.25, -0.2) is 9.78 Å². The van der Waals surface area contributed by atoms with E-state index in [1.807, 2.05) is 0 Å². The van der Waals surface area contributed by atoms with Crippen molar-refractivity contribution in [1.29, 1.82) is 0 Å². The first-order valence-electron chi connectivity index (χ1n) is 4.20. The van der Waals surface area contributed by atoms with Gasteiger partial charge in [-0.1, -0.05) is 6.07 Å². The van der Waals surface area contributed by atoms with Crippen molar-refractivity contribution in [3.05, 3.63) is 23.9 Å². The summed E-state index contributed by atoms with van der Waals surface area (Å²) in [5, 5.41) is 8.67. The van der Waals surface area contributed by atoms with Gasteiger partial charge in [0.1, 0.15) is 6.10 Å². The predicted molar refractivity (Wildman–Crippen MR) is 46.4 cm³/mol. The third kappa shape index (κ3) is 1.82. The van der Waals surface area contributed by atoms with Gasteiger partial charge in [-0.15, -0.1) is 0 Å². The maximum Gasteiger partial charge on any atom is 0.354 e. The molecule has 1 N–H and O–H groups in total. The number of ether oxygens (including phenoxy) is 2. The van der Waals surface area contributed by atoms with E-state index >= 15 is 0 Å². The third-order valence-corrected chi connectivity index (χ3v) is 1.84. The van der Waals surface area contributed by atoms with E-state index in [0.717, 1.165) is 0 Å². The number of hydrogen-bond donors (Lipinski definition) is 1. The molecular formula is C9H9NO4. The van der Waals surface area contributed by atoms with Crippen LogP contribution in [-0.2, 0) is 4.74 Å². The molecule has 0 amide bonds. The molecule has 0 saturated carbocycles. The number of aromatic nitrogens is 1. The van der Waals surface area contributed by atoms with E-state index in [0.29, 0.717) is 19.1 Å². The van der Waals surface area contributed by atoms with Crippen LogP contribution in [-0.4, -0.2) is 35.4 Å². The first kappa shape index (κ1) is 8.96. The van der Waals surface area contributed by atoms with Gasteiger partial charge in [-0.05, 0) is 6.07 Å². The molecule has 5 nitrogen and oxygen atoms in total. The van der Waals surface area contributed by atoms with Crippen molar-refractivity contribution in [2.24, 2.45) is 0 Å². The van der Waals surface area contributed by atoms with Crippen molar-refractivity contribution in [3.8, 4) is 5.88 Å². The minimum Gasteiger partial charge on any atom is -0.477 e. The number of rotatable bonds is 3. The fraction of sp³-hybridized carbons (Fsp3) is 0.333. The van der Waals surface area contributed by atoms with E-state index in [-0.39, 0.29) is 11.8 Å². The van der Waals surface area contributed by atoms with Gasteiger partial charge < -0.3 is 14.6 Å². The van der Waals surface area contributed by atoms with E-state index in [4.69, 9.17) is 14.6 Å². The number of nitrogens with zero attached hydrogens (tertiary/aromatic N) is 1. The second kappa shape index (κ2) is 3.63. The predicted octanol–water partition coefficient (Wildman–Crippen LogP) is 0.557. The van der Waals surface area contributed by atoms with Crippen molar-refractivity contribution in [1.82, 2.24) is 4.98 Å². The molecule has 2 heterocycles. The standard InChI is InChI=1S/C9H9NO4/c11-9(12)7-2-1-3-8(10-7)14-6-4-13-5-6/h1-3,6H,4-5H2,(H,11,12). The summed E-state index contributed by atoms with van der Waals surface area (Å²) < 4.78 is 10.3. The summed E-state index contributed by atoms with van der Waals surface area (Å²) in [6, 6.07) is 4.66. The number of aromatic carboxylic acids is 1. The maximum atomic E-state index is 10.6. The SMILES string of the molecule is O=C(O)c1cccc(OC2COC2)n1. The molecule has 0 radical (unpaired) electrons. The summed E-state index contributed by atoms with van der Waals surface area (Å²) in [4.78, 5) is 14.4. The molecule has 14 heavy (non-hydrogen) atoms. The molecule has 0 spiro atoms. The summed E-state index contributed by atoms with van der Waals surface area (Å²) in [7, 11) is 0. The average Bonchev–Trinajstić information content (AvgIpc) is 2.12. The molecule has 1 aliphatic rings. The Bertz CT molecular complexity index is 348. The van der Waals surface area contributed by atoms with Crippen LogP contribution in [0.15, 0.2) is 18.2 Å². The van der Waals surface area contributed by atoms with Crippen molar-refractivity contribution in [2.75, 3.05) is 13.2 Å². The molecule has 1 saturated heterocycles. The number of carboxylic acids is 1. The zero-order chi connectivity index (χ0) is 9.97. The molecule has 74 valence electrons. The van der Waals surface area contributed by atoms with Gasteiger partial charge in [0.05, 0.1) is 13.2 Å². The molecule has 0 unspecified atom stereocenters. The molecule has 2 rings (SSSR count). The van der Waals surface area contributed by atoms with Crippen LogP contribution in [0.4, 0.5) is 0 Å². The molecule has 5 heteroatoms. The highest BCUT2D eigenvalue weighted by Gasteiger charge is 2.20. The fourth-order valence-electron chi connectivity index (χ4n) is 1.05. The van der Waals surface area contributed by atoms with Crippen molar-refractivity contribution < 1.29 is 19.4 Å². The lowest BCUT2D eigenvalue weighted by Crippen LogP contribution is -2.38. The molecule has 0 aromatic carbocycles. The zero-order valence-electron chi connectivity index (χ0n) is 7.34. The first-order chi connectivity index (χ1) is 6.75. The van der Waals surface area contributed by atoms with E-state index < -0.39 is 5.97 Å². The normalized spacial score (nSPS) is 16.0. The Morgan fingerprint density at radius 3 is 2.93 bits per heavy atom. The molecule has 1 aliphatic heterocycles. The average molecular weight is 195 g/mol. The van der Waals surface area contributed by atoms with Gasteiger partial charge in [-0.3, -0.25) is 0 Å². The van der Waals surface area contributed by atoms with Crippen LogP contribution in [0.25, 0.3) is 0 Å². The molecule has 1 aromatic rings. The summed E-state index contributed by atoms with van der Waals surface area (Å²) in [6.45, 7) is 1.08. The van der Waals surface area contributed by atoms with Crippen molar-refractivity contribution in [3.63, 3.8) is 0 Å². The largest absolute Gasteiger partial charge is 0.477 e. The summed E-state index contributed by atoms with van der Waals surface area (Å²) >= 11 is 0. The van der Waals surface area contributed by atoms with E-state index in [2.05, 4.69) is 4.98 Å². The Kier molecular flexibility index (Phi) is 2.32. The van der Waals surface area contributed by atoms with E-state index in [1.165, 1.54) is 6.07 Å². The number of carbonyl (C=O) groups is 1. The van der Waals surface area contributed by atoms with Gasteiger partial charge in [0, 0.05) is 6.07 Å². The minimum absolute atomic E-state index is 0.00606. The summed E-state index contributed by atoms with van der Waals surface area (Å²) in [5.74, 6) is -0.724. The number of pyridine rings is 1. The minimum atomic E-state index is -1.06. The Morgan fingerprint density at radius 2 is 2.36 bits per heavy atom. The molecule has 0 atom stereocenters. The van der Waals surface area contributed by atoms with Gasteiger partial charge >= 0.3 is 5.97 Å². The monoisotopic (exact) mass is 195 g/mol. The second-order valence-electron chi connectivity index (χ2n) is 2.94. The molecular weight excluding hydrogens is 186 g/mol. The van der Waals surface area contributed by atoms with Gasteiger partial charge in [0.2, 0.25) is 5.88 Å². The molecule has 1 aromatic heterocycles. The van der Waals surface area contributed by atoms with E-state index in [1.54, 1.807) is 12.1 Å². The van der Waals surface area contributed by atoms with Crippen LogP contribution in [0.5, 0.6) is 5.88 Å². The zero-order valence-corrected chi connectivity index (χ0v) is 7.34. The van der Waals surface area contributed by atoms with Gasteiger partial charge in [-0.2, -0.15) is 0 Å². The van der Waals surface area contributed by atoms with Crippen LogP contribution >= 0.6 is 0 Å². The van der Waals surface area contributed by atoms with Crippen LogP contribution < -0.4 is 4.74 Å². The highest BCUT2D eigenvalue weighted by molar-refractivity contribution is 5.85. The summed E-state index contributed by atoms with van der Waals surface area (Å²) in [5.41, 5.74) is -0.0114. The first-order valence-corrected chi connectivity index (χ1v) is 4.20. The lowest BCUT2D eigenvalue weighted by molar-refractivity contribution is -0.0813. The van der Waals surface area contributed by atoms with Crippen LogP contribution in [0.2, 0.25) is 0 Å². The quantitative estimate of drug-likeness (QED) is 0.763. The van der Waals surface area contributed by atoms with Crippen LogP contribution in [0, 0.1) is 0 Å². The lowest BCUT2D eigenvalue weighted by Gasteiger charge is -2.26. The smallest absolute Gasteiger partial charge is 0.354 e. The number of carboxylic acid groups (broad SMARTS) is 1. The third-order valence-electron chi connectivity index (χ3n) is 1.84. The van der Waals surface area contributed by atoms with Gasteiger partial charge in [0.25, 0.3) is 0 Å². The molecule has 1 fully saturated rings. The van der Waals surface area contributed by atoms with Crippen LogP contribution in [0.1, 0.15) is 10.5 Å². The van der Waals surface area contributed by atoms with E-state index in [9.17, 15) is 4.79 Å². The topological polar surface area (TPSA) is 68.7 Å². The Labute approximate surface area is 80.3 Å². The highest BCUT2D eigenvalue weighted by Crippen LogP contribution is 2.13. The lowest BCUT2D eigenvalue weighted by atomic mass is 10.3.